The van der Waals surface area contributed by atoms with Crippen LogP contribution >= 0.6 is 11.6 Å². The van der Waals surface area contributed by atoms with Crippen molar-refractivity contribution in [1.29, 1.82) is 0 Å². The molecule has 0 bridgehead atoms. The summed E-state index contributed by atoms with van der Waals surface area (Å²) in [5, 5.41) is 19.8. The first-order valence-electron chi connectivity index (χ1n) is 9.11. The molecule has 0 aromatic heterocycles. The van der Waals surface area contributed by atoms with Crippen molar-refractivity contribution in [1.82, 2.24) is 15.2 Å². The van der Waals surface area contributed by atoms with Crippen LogP contribution in [0.2, 0.25) is 5.02 Å². The van der Waals surface area contributed by atoms with Gasteiger partial charge < -0.3 is 15.2 Å². The van der Waals surface area contributed by atoms with Crippen molar-refractivity contribution in [2.45, 2.75) is 6.54 Å². The number of carbonyl (C=O) groups excluding carboxylic acids is 1. The van der Waals surface area contributed by atoms with E-state index < -0.39 is 16.7 Å². The summed E-state index contributed by atoms with van der Waals surface area (Å²) in [6.07, 6.45) is 0. The second-order valence-electron chi connectivity index (χ2n) is 6.67. The van der Waals surface area contributed by atoms with E-state index in [1.807, 2.05) is 0 Å². The number of hydrogen-bond acceptors (Lipinski definition) is 8. The lowest BCUT2D eigenvalue weighted by Crippen LogP contribution is -2.40. The zero-order valence-electron chi connectivity index (χ0n) is 15.5. The van der Waals surface area contributed by atoms with Crippen LogP contribution in [0.4, 0.5) is 0 Å². The number of nitrogens with one attached hydrogen (secondary N) is 1. The van der Waals surface area contributed by atoms with Crippen LogP contribution in [0.5, 0.6) is 0 Å². The lowest BCUT2D eigenvalue weighted by molar-refractivity contribution is -0.118. The number of benzene rings is 1. The van der Waals surface area contributed by atoms with Gasteiger partial charge in [-0.05, 0) is 17.7 Å². The molecule has 0 saturated carbocycles. The quantitative estimate of drug-likeness (QED) is 0.705. The number of morpholine rings is 1. The Hall–Kier alpha value is -2.27. The van der Waals surface area contributed by atoms with E-state index in [4.69, 9.17) is 16.3 Å². The molecule has 3 aliphatic heterocycles. The van der Waals surface area contributed by atoms with Gasteiger partial charge in [0.1, 0.15) is 21.4 Å². The molecule has 3 aliphatic rings. The fraction of sp³-hybridized carbons (Fsp3) is 0.389. The molecule has 9 nitrogen and oxygen atoms in total. The third kappa shape index (κ3) is 4.35. The molecule has 2 N–H and O–H groups in total. The van der Waals surface area contributed by atoms with Gasteiger partial charge in [-0.3, -0.25) is 14.7 Å². The average Bonchev–Trinajstić information content (AvgIpc) is 3.05. The van der Waals surface area contributed by atoms with E-state index in [-0.39, 0.29) is 29.7 Å². The number of amidine groups is 1. The molecule has 1 aromatic carbocycles. The molecule has 1 atom stereocenters. The summed E-state index contributed by atoms with van der Waals surface area (Å²) in [5.41, 5.74) is 0.951. The van der Waals surface area contributed by atoms with Gasteiger partial charge in [0, 0.05) is 24.7 Å². The zero-order valence-corrected chi connectivity index (χ0v) is 17.1. The van der Waals surface area contributed by atoms with Crippen molar-refractivity contribution in [3.63, 3.8) is 0 Å². The Morgan fingerprint density at radius 3 is 2.72 bits per heavy atom. The predicted octanol–water partition coefficient (Wildman–Crippen LogP) is 0.805. The number of rotatable bonds is 5. The second kappa shape index (κ2) is 8.62. The van der Waals surface area contributed by atoms with Crippen molar-refractivity contribution < 1.29 is 18.8 Å². The van der Waals surface area contributed by atoms with Gasteiger partial charge in [0.05, 0.1) is 26.3 Å². The van der Waals surface area contributed by atoms with Gasteiger partial charge in [0.2, 0.25) is 11.1 Å². The Morgan fingerprint density at radius 1 is 1.28 bits per heavy atom. The van der Waals surface area contributed by atoms with E-state index in [0.717, 1.165) is 23.7 Å². The van der Waals surface area contributed by atoms with Gasteiger partial charge in [-0.15, -0.1) is 0 Å². The zero-order chi connectivity index (χ0) is 20.4. The fourth-order valence-electron chi connectivity index (χ4n) is 3.09. The van der Waals surface area contributed by atoms with E-state index in [1.54, 1.807) is 24.3 Å². The minimum atomic E-state index is -1.56. The number of nitrogens with zero attached hydrogens (tertiary/aromatic N) is 4. The summed E-state index contributed by atoms with van der Waals surface area (Å²) in [6.45, 7) is 3.31. The van der Waals surface area contributed by atoms with Gasteiger partial charge in [-0.1, -0.05) is 23.7 Å². The average molecular weight is 438 g/mol. The molecule has 1 saturated heterocycles. The van der Waals surface area contributed by atoms with Crippen LogP contribution in [0.25, 0.3) is 0 Å². The SMILES string of the molecule is O=C(NCc1ccc(Cl)cc1)C1=C(O)N2N=C(CN3CCOCC3)S(=O)C2=NC1. The van der Waals surface area contributed by atoms with Crippen LogP contribution in [0, 0.1) is 0 Å². The minimum Gasteiger partial charge on any atom is -0.493 e. The number of hydrazone groups is 1. The largest absolute Gasteiger partial charge is 0.493 e. The molecule has 3 heterocycles. The Labute approximate surface area is 175 Å². The Kier molecular flexibility index (Phi) is 5.95. The Balaban J connectivity index is 1.44. The first-order valence-corrected chi connectivity index (χ1v) is 10.6. The molecule has 1 aromatic rings. The molecule has 1 amide bonds. The highest BCUT2D eigenvalue weighted by Crippen LogP contribution is 2.23. The van der Waals surface area contributed by atoms with Crippen molar-refractivity contribution >= 4 is 38.5 Å². The summed E-state index contributed by atoms with van der Waals surface area (Å²) < 4.78 is 18.0. The lowest BCUT2D eigenvalue weighted by atomic mass is 10.2. The number of carbonyl (C=O) groups is 1. The molecular formula is C18H20ClN5O4S. The normalized spacial score (nSPS) is 22.2. The fourth-order valence-corrected chi connectivity index (χ4v) is 4.35. The number of amides is 1. The highest BCUT2D eigenvalue weighted by atomic mass is 35.5. The van der Waals surface area contributed by atoms with Crippen LogP contribution in [-0.2, 0) is 26.9 Å². The summed E-state index contributed by atoms with van der Waals surface area (Å²) in [6, 6.07) is 7.09. The topological polar surface area (TPSA) is 107 Å². The third-order valence-electron chi connectivity index (χ3n) is 4.72. The maximum atomic E-state index is 12.7. The highest BCUT2D eigenvalue weighted by molar-refractivity contribution is 8.14. The first-order chi connectivity index (χ1) is 14.0. The number of aliphatic hydroxyl groups is 1. The maximum Gasteiger partial charge on any atom is 0.254 e. The van der Waals surface area contributed by atoms with Gasteiger partial charge in [0.15, 0.2) is 0 Å². The van der Waals surface area contributed by atoms with Crippen molar-refractivity contribution in [2.24, 2.45) is 10.1 Å². The molecule has 1 unspecified atom stereocenters. The van der Waals surface area contributed by atoms with Crippen LogP contribution in [0.1, 0.15) is 5.56 Å². The number of ether oxygens (including phenoxy) is 1. The molecule has 0 spiro atoms. The summed E-state index contributed by atoms with van der Waals surface area (Å²) in [4.78, 5) is 18.8. The van der Waals surface area contributed by atoms with Gasteiger partial charge in [-0.25, -0.2) is 4.21 Å². The molecule has 0 radical (unpaired) electrons. The van der Waals surface area contributed by atoms with E-state index >= 15 is 0 Å². The number of halogens is 1. The van der Waals surface area contributed by atoms with Gasteiger partial charge in [0.25, 0.3) is 5.91 Å². The molecule has 1 fully saturated rings. The molecule has 0 aliphatic carbocycles. The summed E-state index contributed by atoms with van der Waals surface area (Å²) in [7, 11) is -1.56. The van der Waals surface area contributed by atoms with Crippen LogP contribution in [0.15, 0.2) is 45.8 Å². The van der Waals surface area contributed by atoms with E-state index in [9.17, 15) is 14.1 Å². The van der Waals surface area contributed by atoms with E-state index in [0.29, 0.717) is 29.8 Å². The Bertz CT molecular complexity index is 925. The van der Waals surface area contributed by atoms with Crippen LogP contribution in [-0.4, -0.2) is 74.7 Å². The van der Waals surface area contributed by atoms with Gasteiger partial charge >= 0.3 is 0 Å². The lowest BCUT2D eigenvalue weighted by Gasteiger charge is -2.25. The van der Waals surface area contributed by atoms with Crippen LogP contribution < -0.4 is 5.32 Å². The van der Waals surface area contributed by atoms with Crippen molar-refractivity contribution in [2.75, 3.05) is 39.4 Å². The first kappa shape index (κ1) is 20.0. The number of aliphatic imine (C=N–C) groups is 1. The van der Waals surface area contributed by atoms with E-state index in [2.05, 4.69) is 20.3 Å². The smallest absolute Gasteiger partial charge is 0.254 e. The number of hydrogen-bond donors (Lipinski definition) is 2. The van der Waals surface area contributed by atoms with E-state index in [1.165, 1.54) is 0 Å². The van der Waals surface area contributed by atoms with Crippen molar-refractivity contribution in [3.8, 4) is 0 Å². The molecule has 154 valence electrons. The summed E-state index contributed by atoms with van der Waals surface area (Å²) in [5.74, 6) is -0.795. The Morgan fingerprint density at radius 2 is 2.00 bits per heavy atom. The predicted molar refractivity (Wildman–Crippen MR) is 110 cm³/mol. The highest BCUT2D eigenvalue weighted by Gasteiger charge is 2.38. The standard InChI is InChI=1S/C18H20ClN5O4S/c19-13-3-1-12(2-4-13)9-20-16(25)14-10-21-18-24(17(14)26)22-15(29(18)27)11-23-5-7-28-8-6-23/h1-4,26H,5-11H2,(H,20,25). The van der Waals surface area contributed by atoms with Crippen molar-refractivity contribution in [3.05, 3.63) is 46.3 Å². The monoisotopic (exact) mass is 437 g/mol. The molecule has 11 heteroatoms. The maximum absolute atomic E-state index is 12.7. The third-order valence-corrected chi connectivity index (χ3v) is 6.24. The number of aliphatic hydroxyl groups excluding tert-OH is 1. The van der Waals surface area contributed by atoms with Gasteiger partial charge in [-0.2, -0.15) is 10.1 Å². The number of fused-ring (bicyclic) bond motifs is 1. The molecular weight excluding hydrogens is 418 g/mol. The minimum absolute atomic E-state index is 0.0593. The summed E-state index contributed by atoms with van der Waals surface area (Å²) >= 11 is 5.86. The molecule has 4 rings (SSSR count). The molecule has 29 heavy (non-hydrogen) atoms. The van der Waals surface area contributed by atoms with Crippen LogP contribution in [0.3, 0.4) is 0 Å². The second-order valence-corrected chi connectivity index (χ2v) is 8.48.